The molecule has 0 aliphatic rings. The van der Waals surface area contributed by atoms with Gasteiger partial charge in [-0.25, -0.2) is 9.97 Å². The third-order valence-electron chi connectivity index (χ3n) is 2.21. The minimum Gasteiger partial charge on any atom is -0.241 e. The molecule has 0 unspecified atom stereocenters. The fraction of sp³-hybridized carbons (Fsp3) is 0.167. The zero-order chi connectivity index (χ0) is 11.4. The maximum Gasteiger partial charge on any atom is 0.133 e. The average molecular weight is 253 g/mol. The summed E-state index contributed by atoms with van der Waals surface area (Å²) in [6.45, 7) is 0. The number of hydrogen-bond donors (Lipinski definition) is 0. The normalized spacial score (nSPS) is 10.4. The van der Waals surface area contributed by atoms with E-state index in [1.165, 1.54) is 0 Å². The Morgan fingerprint density at radius 1 is 1.12 bits per heavy atom. The number of alkyl halides is 1. The molecule has 0 aliphatic heterocycles. The molecule has 16 heavy (non-hydrogen) atoms. The van der Waals surface area contributed by atoms with E-state index >= 15 is 0 Å². The van der Waals surface area contributed by atoms with E-state index < -0.39 is 0 Å². The van der Waals surface area contributed by atoms with Gasteiger partial charge >= 0.3 is 0 Å². The molecule has 0 aliphatic carbocycles. The van der Waals surface area contributed by atoms with Crippen molar-refractivity contribution < 1.29 is 0 Å². The summed E-state index contributed by atoms with van der Waals surface area (Å²) in [5, 5.41) is 0.738. The van der Waals surface area contributed by atoms with Crippen LogP contribution in [0.1, 0.15) is 17.1 Å². The maximum absolute atomic E-state index is 6.07. The van der Waals surface area contributed by atoms with E-state index in [4.69, 9.17) is 23.2 Å². The van der Waals surface area contributed by atoms with Crippen molar-refractivity contribution in [2.24, 2.45) is 0 Å². The lowest BCUT2D eigenvalue weighted by atomic mass is 10.1. The first-order chi connectivity index (χ1) is 7.79. The second kappa shape index (κ2) is 5.28. The van der Waals surface area contributed by atoms with Crippen LogP contribution in [0.25, 0.3) is 0 Å². The Morgan fingerprint density at radius 2 is 1.94 bits per heavy atom. The largest absolute Gasteiger partial charge is 0.241 e. The zero-order valence-electron chi connectivity index (χ0n) is 8.53. The lowest BCUT2D eigenvalue weighted by Gasteiger charge is -2.03. The topological polar surface area (TPSA) is 25.8 Å². The first-order valence-corrected chi connectivity index (χ1v) is 5.81. The number of hydrogen-bond acceptors (Lipinski definition) is 2. The molecule has 0 radical (unpaired) electrons. The van der Waals surface area contributed by atoms with E-state index in [1.807, 2.05) is 30.3 Å². The summed E-state index contributed by atoms with van der Waals surface area (Å²) in [4.78, 5) is 8.52. The van der Waals surface area contributed by atoms with E-state index in [0.29, 0.717) is 12.3 Å². The molecule has 1 aromatic carbocycles. The summed E-state index contributed by atoms with van der Waals surface area (Å²) in [6.07, 6.45) is 2.35. The predicted octanol–water partition coefficient (Wildman–Crippen LogP) is 3.46. The Balaban J connectivity index is 2.24. The van der Waals surface area contributed by atoms with Crippen molar-refractivity contribution in [3.05, 3.63) is 58.6 Å². The average Bonchev–Trinajstić information content (AvgIpc) is 2.32. The molecule has 0 saturated carbocycles. The van der Waals surface area contributed by atoms with Crippen molar-refractivity contribution in [1.29, 1.82) is 0 Å². The summed E-state index contributed by atoms with van der Waals surface area (Å²) in [5.74, 6) is 1.14. The molecule has 0 atom stereocenters. The molecule has 0 spiro atoms. The quantitative estimate of drug-likeness (QED) is 0.783. The van der Waals surface area contributed by atoms with Gasteiger partial charge in [-0.15, -0.1) is 11.6 Å². The number of rotatable bonds is 3. The van der Waals surface area contributed by atoms with Crippen molar-refractivity contribution in [2.45, 2.75) is 12.3 Å². The highest BCUT2D eigenvalue weighted by atomic mass is 35.5. The van der Waals surface area contributed by atoms with Crippen LogP contribution >= 0.6 is 23.2 Å². The Kier molecular flexibility index (Phi) is 3.75. The number of aromatic nitrogens is 2. The van der Waals surface area contributed by atoms with Crippen LogP contribution in [0.15, 0.2) is 36.5 Å². The molecule has 82 valence electrons. The molecule has 2 rings (SSSR count). The molecule has 2 nitrogen and oxygen atoms in total. The van der Waals surface area contributed by atoms with Crippen LogP contribution in [0.5, 0.6) is 0 Å². The van der Waals surface area contributed by atoms with Crippen LogP contribution in [-0.2, 0) is 12.3 Å². The van der Waals surface area contributed by atoms with Gasteiger partial charge in [-0.1, -0.05) is 29.8 Å². The van der Waals surface area contributed by atoms with E-state index in [9.17, 15) is 0 Å². The molecular formula is C12H10Cl2N2. The monoisotopic (exact) mass is 252 g/mol. The Bertz CT molecular complexity index is 486. The van der Waals surface area contributed by atoms with Crippen molar-refractivity contribution in [2.75, 3.05) is 0 Å². The summed E-state index contributed by atoms with van der Waals surface area (Å²) >= 11 is 11.8. The molecule has 4 heteroatoms. The molecule has 0 saturated heterocycles. The van der Waals surface area contributed by atoms with Gasteiger partial charge in [-0.2, -0.15) is 0 Å². The van der Waals surface area contributed by atoms with Crippen molar-refractivity contribution >= 4 is 23.2 Å². The molecule has 1 heterocycles. The Hall–Kier alpha value is -1.12. The SMILES string of the molecule is ClCc1ccnc(Cc2ccccc2Cl)n1. The summed E-state index contributed by atoms with van der Waals surface area (Å²) < 4.78 is 0. The highest BCUT2D eigenvalue weighted by molar-refractivity contribution is 6.31. The highest BCUT2D eigenvalue weighted by Crippen LogP contribution is 2.17. The molecule has 0 N–H and O–H groups in total. The van der Waals surface area contributed by atoms with Gasteiger partial charge in [0.15, 0.2) is 0 Å². The van der Waals surface area contributed by atoms with Gasteiger partial charge in [-0.3, -0.25) is 0 Å². The first-order valence-electron chi connectivity index (χ1n) is 4.90. The minimum absolute atomic E-state index is 0.401. The Morgan fingerprint density at radius 3 is 2.69 bits per heavy atom. The maximum atomic E-state index is 6.07. The number of benzene rings is 1. The van der Waals surface area contributed by atoms with Crippen LogP contribution in [0.2, 0.25) is 5.02 Å². The van der Waals surface area contributed by atoms with Gasteiger partial charge in [0.2, 0.25) is 0 Å². The van der Waals surface area contributed by atoms with E-state index in [1.54, 1.807) is 6.20 Å². The zero-order valence-corrected chi connectivity index (χ0v) is 10.0. The summed E-state index contributed by atoms with van der Waals surface area (Å²) in [6, 6.07) is 9.50. The van der Waals surface area contributed by atoms with Crippen LogP contribution in [-0.4, -0.2) is 9.97 Å². The first kappa shape index (κ1) is 11.4. The summed E-state index contributed by atoms with van der Waals surface area (Å²) in [7, 11) is 0. The lowest BCUT2D eigenvalue weighted by Crippen LogP contribution is -1.99. The highest BCUT2D eigenvalue weighted by Gasteiger charge is 2.03. The van der Waals surface area contributed by atoms with Crippen LogP contribution in [0.3, 0.4) is 0 Å². The Labute approximate surface area is 104 Å². The molecule has 0 amide bonds. The number of nitrogens with zero attached hydrogens (tertiary/aromatic N) is 2. The second-order valence-corrected chi connectivity index (χ2v) is 4.04. The lowest BCUT2D eigenvalue weighted by molar-refractivity contribution is 0.936. The predicted molar refractivity (Wildman–Crippen MR) is 65.8 cm³/mol. The van der Waals surface area contributed by atoms with E-state index in [0.717, 1.165) is 22.1 Å². The van der Waals surface area contributed by atoms with Crippen LogP contribution < -0.4 is 0 Å². The molecule has 0 bridgehead atoms. The fourth-order valence-corrected chi connectivity index (χ4v) is 1.76. The van der Waals surface area contributed by atoms with Crippen molar-refractivity contribution in [3.63, 3.8) is 0 Å². The minimum atomic E-state index is 0.401. The number of halogens is 2. The smallest absolute Gasteiger partial charge is 0.133 e. The molecule has 1 aromatic heterocycles. The van der Waals surface area contributed by atoms with Gasteiger partial charge in [-0.05, 0) is 17.7 Å². The molecule has 0 fully saturated rings. The molecule has 2 aromatic rings. The van der Waals surface area contributed by atoms with Crippen LogP contribution in [0.4, 0.5) is 0 Å². The second-order valence-electron chi connectivity index (χ2n) is 3.37. The van der Waals surface area contributed by atoms with Crippen molar-refractivity contribution in [3.8, 4) is 0 Å². The van der Waals surface area contributed by atoms with E-state index in [-0.39, 0.29) is 0 Å². The molecular weight excluding hydrogens is 243 g/mol. The van der Waals surface area contributed by atoms with Crippen molar-refractivity contribution in [1.82, 2.24) is 9.97 Å². The van der Waals surface area contributed by atoms with Gasteiger partial charge < -0.3 is 0 Å². The summed E-state index contributed by atoms with van der Waals surface area (Å²) in [5.41, 5.74) is 1.86. The van der Waals surface area contributed by atoms with Gasteiger partial charge in [0.1, 0.15) is 5.82 Å². The third kappa shape index (κ3) is 2.71. The standard InChI is InChI=1S/C12H10Cl2N2/c13-8-10-5-6-15-12(16-10)7-9-3-1-2-4-11(9)14/h1-6H,7-8H2. The van der Waals surface area contributed by atoms with Gasteiger partial charge in [0, 0.05) is 17.6 Å². The van der Waals surface area contributed by atoms with E-state index in [2.05, 4.69) is 9.97 Å². The van der Waals surface area contributed by atoms with Gasteiger partial charge in [0.05, 0.1) is 11.6 Å². The van der Waals surface area contributed by atoms with Gasteiger partial charge in [0.25, 0.3) is 0 Å². The van der Waals surface area contributed by atoms with Crippen LogP contribution in [0, 0.1) is 0 Å². The third-order valence-corrected chi connectivity index (χ3v) is 2.85. The fourth-order valence-electron chi connectivity index (χ4n) is 1.41.